The molecule has 0 spiro atoms. The van der Waals surface area contributed by atoms with Gasteiger partial charge in [0.2, 0.25) is 0 Å². The molecular formula is C17H20N3O4S+. The van der Waals surface area contributed by atoms with Gasteiger partial charge in [-0.2, -0.15) is 0 Å². The second-order valence-corrected chi connectivity index (χ2v) is 6.96. The number of thiophene rings is 1. The van der Waals surface area contributed by atoms with Gasteiger partial charge in [-0.3, -0.25) is 14.9 Å². The normalized spacial score (nSPS) is 19.6. The molecule has 1 fully saturated rings. The average Bonchev–Trinajstić information content (AvgIpc) is 3.25. The molecule has 1 unspecified atom stereocenters. The number of nitro groups is 1. The molecule has 7 nitrogen and oxygen atoms in total. The number of methoxy groups -OCH3 is 1. The number of rotatable bonds is 6. The standard InChI is InChI=1S/C17H19N3O4S/c1-24-15-7-6-12(20(22)23)10-13(15)18-17(21)11-19-8-2-4-14(19)16-5-3-9-25-16/h3,5-7,9-10,14H,2,4,8,11H2,1H3,(H,18,21)/p+1/t14-/m0/s1. The number of nitro benzene ring substituents is 1. The van der Waals surface area contributed by atoms with Crippen LogP contribution in [0.3, 0.4) is 0 Å². The molecule has 0 radical (unpaired) electrons. The maximum absolute atomic E-state index is 12.5. The highest BCUT2D eigenvalue weighted by molar-refractivity contribution is 7.10. The summed E-state index contributed by atoms with van der Waals surface area (Å²) >= 11 is 1.72. The zero-order valence-corrected chi connectivity index (χ0v) is 14.7. The third kappa shape index (κ3) is 3.97. The Morgan fingerprint density at radius 1 is 1.48 bits per heavy atom. The first-order valence-corrected chi connectivity index (χ1v) is 8.96. The third-order valence-electron chi connectivity index (χ3n) is 4.43. The smallest absolute Gasteiger partial charge is 0.279 e. The highest BCUT2D eigenvalue weighted by Crippen LogP contribution is 2.29. The van der Waals surface area contributed by atoms with Crippen LogP contribution >= 0.6 is 11.3 Å². The van der Waals surface area contributed by atoms with Crippen molar-refractivity contribution >= 4 is 28.6 Å². The van der Waals surface area contributed by atoms with Crippen LogP contribution in [0.25, 0.3) is 0 Å². The number of likely N-dealkylation sites (tertiary alicyclic amines) is 1. The second-order valence-electron chi connectivity index (χ2n) is 5.99. The lowest BCUT2D eigenvalue weighted by Crippen LogP contribution is -3.11. The largest absolute Gasteiger partial charge is 0.495 e. The van der Waals surface area contributed by atoms with Crippen LogP contribution in [0.4, 0.5) is 11.4 Å². The number of benzene rings is 1. The molecule has 25 heavy (non-hydrogen) atoms. The number of ether oxygens (including phenoxy) is 1. The third-order valence-corrected chi connectivity index (χ3v) is 5.41. The predicted octanol–water partition coefficient (Wildman–Crippen LogP) is 2.02. The van der Waals surface area contributed by atoms with Crippen LogP contribution in [0, 0.1) is 10.1 Å². The molecule has 2 heterocycles. The van der Waals surface area contributed by atoms with E-state index in [4.69, 9.17) is 4.74 Å². The summed E-state index contributed by atoms with van der Waals surface area (Å²) in [4.78, 5) is 25.5. The minimum absolute atomic E-state index is 0.0823. The van der Waals surface area contributed by atoms with Crippen molar-refractivity contribution < 1.29 is 19.4 Å². The minimum atomic E-state index is -0.492. The molecule has 0 aliphatic carbocycles. The van der Waals surface area contributed by atoms with Gasteiger partial charge in [0.25, 0.3) is 11.6 Å². The number of hydrogen-bond donors (Lipinski definition) is 2. The molecular weight excluding hydrogens is 342 g/mol. The Balaban J connectivity index is 1.70. The monoisotopic (exact) mass is 362 g/mol. The first-order valence-electron chi connectivity index (χ1n) is 8.08. The Morgan fingerprint density at radius 2 is 2.32 bits per heavy atom. The number of quaternary nitrogens is 1. The lowest BCUT2D eigenvalue weighted by molar-refractivity contribution is -0.910. The van der Waals surface area contributed by atoms with E-state index in [2.05, 4.69) is 16.8 Å². The topological polar surface area (TPSA) is 85.9 Å². The molecule has 1 aliphatic rings. The molecule has 1 amide bonds. The van der Waals surface area contributed by atoms with E-state index in [-0.39, 0.29) is 11.6 Å². The van der Waals surface area contributed by atoms with Crippen LogP contribution in [0.1, 0.15) is 23.8 Å². The van der Waals surface area contributed by atoms with Crippen molar-refractivity contribution in [1.29, 1.82) is 0 Å². The predicted molar refractivity (Wildman–Crippen MR) is 95.3 cm³/mol. The van der Waals surface area contributed by atoms with E-state index in [1.165, 1.54) is 35.1 Å². The van der Waals surface area contributed by atoms with E-state index in [0.29, 0.717) is 24.0 Å². The molecule has 1 saturated heterocycles. The van der Waals surface area contributed by atoms with E-state index in [1.807, 2.05) is 6.07 Å². The van der Waals surface area contributed by atoms with Crippen molar-refractivity contribution in [2.75, 3.05) is 25.5 Å². The fraction of sp³-hybridized carbons (Fsp3) is 0.353. The lowest BCUT2D eigenvalue weighted by Gasteiger charge is -2.20. The van der Waals surface area contributed by atoms with Crippen LogP contribution in [0.5, 0.6) is 5.75 Å². The second kappa shape index (κ2) is 7.62. The van der Waals surface area contributed by atoms with E-state index in [9.17, 15) is 14.9 Å². The molecule has 2 aromatic rings. The molecule has 8 heteroatoms. The summed E-state index contributed by atoms with van der Waals surface area (Å²) in [6.07, 6.45) is 2.16. The summed E-state index contributed by atoms with van der Waals surface area (Å²) in [6.45, 7) is 1.27. The number of anilines is 1. The van der Waals surface area contributed by atoms with E-state index in [0.717, 1.165) is 19.4 Å². The molecule has 3 rings (SSSR count). The molecule has 0 bridgehead atoms. The Bertz CT molecular complexity index is 763. The van der Waals surface area contributed by atoms with Gasteiger partial charge in [-0.15, -0.1) is 11.3 Å². The highest BCUT2D eigenvalue weighted by atomic mass is 32.1. The van der Waals surface area contributed by atoms with Crippen molar-refractivity contribution in [2.24, 2.45) is 0 Å². The Hall–Kier alpha value is -2.45. The number of hydrogen-bond acceptors (Lipinski definition) is 5. The summed E-state index contributed by atoms with van der Waals surface area (Å²) in [5.74, 6) is 0.238. The van der Waals surface area contributed by atoms with Gasteiger partial charge in [0.1, 0.15) is 11.8 Å². The van der Waals surface area contributed by atoms with Gasteiger partial charge in [-0.25, -0.2) is 0 Å². The summed E-state index contributed by atoms with van der Waals surface area (Å²) < 4.78 is 5.19. The van der Waals surface area contributed by atoms with Crippen LogP contribution in [-0.4, -0.2) is 31.0 Å². The molecule has 0 saturated carbocycles. The van der Waals surface area contributed by atoms with Crippen LogP contribution in [0.15, 0.2) is 35.7 Å². The SMILES string of the molecule is COc1ccc([N+](=O)[O-])cc1NC(=O)C[NH+]1CCC[C@H]1c1cccs1. The van der Waals surface area contributed by atoms with Gasteiger partial charge >= 0.3 is 0 Å². The van der Waals surface area contributed by atoms with Crippen molar-refractivity contribution in [3.8, 4) is 5.75 Å². The average molecular weight is 362 g/mol. The number of nitrogens with zero attached hydrogens (tertiary/aromatic N) is 1. The van der Waals surface area contributed by atoms with Crippen molar-refractivity contribution in [3.63, 3.8) is 0 Å². The van der Waals surface area contributed by atoms with Gasteiger partial charge in [-0.05, 0) is 17.5 Å². The Kier molecular flexibility index (Phi) is 5.30. The zero-order chi connectivity index (χ0) is 17.8. The van der Waals surface area contributed by atoms with Gasteiger partial charge < -0.3 is 15.0 Å². The fourth-order valence-corrected chi connectivity index (χ4v) is 4.18. The first-order chi connectivity index (χ1) is 12.1. The molecule has 132 valence electrons. The molecule has 2 atom stereocenters. The summed E-state index contributed by atoms with van der Waals surface area (Å²) in [7, 11) is 1.47. The summed E-state index contributed by atoms with van der Waals surface area (Å²) in [5.41, 5.74) is 0.244. The number of carbonyl (C=O) groups excluding carboxylic acids is 1. The van der Waals surface area contributed by atoms with E-state index >= 15 is 0 Å². The van der Waals surface area contributed by atoms with Gasteiger partial charge in [0.15, 0.2) is 6.54 Å². The Labute approximate surface area is 149 Å². The van der Waals surface area contributed by atoms with Crippen molar-refractivity contribution in [1.82, 2.24) is 0 Å². The lowest BCUT2D eigenvalue weighted by atomic mass is 10.2. The number of non-ortho nitro benzene ring substituents is 1. The van der Waals surface area contributed by atoms with E-state index in [1.54, 1.807) is 11.3 Å². The first kappa shape index (κ1) is 17.4. The number of carbonyl (C=O) groups is 1. The quantitative estimate of drug-likeness (QED) is 0.608. The highest BCUT2D eigenvalue weighted by Gasteiger charge is 2.32. The zero-order valence-electron chi connectivity index (χ0n) is 13.9. The van der Waals surface area contributed by atoms with Crippen LogP contribution in [-0.2, 0) is 4.79 Å². The minimum Gasteiger partial charge on any atom is -0.495 e. The fourth-order valence-electron chi connectivity index (χ4n) is 3.26. The van der Waals surface area contributed by atoms with Crippen LogP contribution in [0.2, 0.25) is 0 Å². The van der Waals surface area contributed by atoms with E-state index < -0.39 is 4.92 Å². The maximum atomic E-state index is 12.5. The summed E-state index contributed by atoms with van der Waals surface area (Å²) in [6, 6.07) is 8.66. The number of nitrogens with one attached hydrogen (secondary N) is 2. The van der Waals surface area contributed by atoms with Crippen molar-refractivity contribution in [2.45, 2.75) is 18.9 Å². The van der Waals surface area contributed by atoms with Gasteiger partial charge in [0.05, 0.1) is 29.1 Å². The number of amides is 1. The molecule has 1 aromatic carbocycles. The summed E-state index contributed by atoms with van der Waals surface area (Å²) in [5, 5.41) is 15.8. The molecule has 1 aromatic heterocycles. The molecule has 1 aliphatic heterocycles. The molecule has 2 N–H and O–H groups in total. The Morgan fingerprint density at radius 3 is 3.00 bits per heavy atom. The van der Waals surface area contributed by atoms with Crippen molar-refractivity contribution in [3.05, 3.63) is 50.7 Å². The van der Waals surface area contributed by atoms with Gasteiger partial charge in [0, 0.05) is 25.0 Å². The van der Waals surface area contributed by atoms with Crippen LogP contribution < -0.4 is 15.0 Å². The maximum Gasteiger partial charge on any atom is 0.279 e. The van der Waals surface area contributed by atoms with Gasteiger partial charge in [-0.1, -0.05) is 6.07 Å².